The molecule has 3 aromatic carbocycles. The van der Waals surface area contributed by atoms with Crippen molar-refractivity contribution in [2.75, 3.05) is 13.7 Å². The summed E-state index contributed by atoms with van der Waals surface area (Å²) in [4.78, 5) is 0.112. The molecule has 0 amide bonds. The van der Waals surface area contributed by atoms with E-state index >= 15 is 0 Å². The molecule has 0 unspecified atom stereocenters. The third-order valence-electron chi connectivity index (χ3n) is 4.96. The Hall–Kier alpha value is -2.29. The second-order valence-electron chi connectivity index (χ2n) is 7.50. The molecule has 0 aliphatic rings. The summed E-state index contributed by atoms with van der Waals surface area (Å²) in [6.45, 7) is 3.75. The van der Waals surface area contributed by atoms with Crippen molar-refractivity contribution in [1.29, 1.82) is 0 Å². The van der Waals surface area contributed by atoms with Gasteiger partial charge in [0.2, 0.25) is 10.0 Å². The standard InChI is InChI=1S/C24H27ClN2O4S.ClH/c1-17-3-5-19(6-4-17)16-31-24-22(25)13-20(14-23(24)30-2)15-27-12-11-18-7-9-21(10-8-18)32(26,28)29;/h3-10,13-14,27H,11-12,15-16H2,1-2H3,(H2,26,28,29);1H. The lowest BCUT2D eigenvalue weighted by Gasteiger charge is -2.15. The highest BCUT2D eigenvalue weighted by Crippen LogP contribution is 2.37. The van der Waals surface area contributed by atoms with Gasteiger partial charge in [0.15, 0.2) is 11.5 Å². The van der Waals surface area contributed by atoms with Crippen molar-refractivity contribution in [3.8, 4) is 11.5 Å². The lowest BCUT2D eigenvalue weighted by Crippen LogP contribution is -2.17. The highest BCUT2D eigenvalue weighted by molar-refractivity contribution is 7.89. The minimum atomic E-state index is -3.67. The van der Waals surface area contributed by atoms with E-state index in [4.69, 9.17) is 26.2 Å². The third-order valence-corrected chi connectivity index (χ3v) is 6.17. The normalized spacial score (nSPS) is 11.0. The number of sulfonamides is 1. The first kappa shape index (κ1) is 27.0. The van der Waals surface area contributed by atoms with E-state index in [1.54, 1.807) is 19.2 Å². The molecule has 0 aromatic heterocycles. The molecule has 0 radical (unpaired) electrons. The van der Waals surface area contributed by atoms with Crippen molar-refractivity contribution in [1.82, 2.24) is 5.32 Å². The van der Waals surface area contributed by atoms with Crippen molar-refractivity contribution in [3.05, 3.63) is 87.9 Å². The fraction of sp³-hybridized carbons (Fsp3) is 0.250. The van der Waals surface area contributed by atoms with E-state index < -0.39 is 10.0 Å². The number of benzene rings is 3. The molecule has 0 spiro atoms. The summed E-state index contributed by atoms with van der Waals surface area (Å²) in [5.41, 5.74) is 4.23. The molecule has 0 heterocycles. The number of nitrogens with one attached hydrogen (secondary N) is 1. The first-order chi connectivity index (χ1) is 15.3. The maximum absolute atomic E-state index is 11.3. The zero-order valence-electron chi connectivity index (χ0n) is 18.5. The number of ether oxygens (including phenoxy) is 2. The SMILES string of the molecule is COc1cc(CNCCc2ccc(S(N)(=O)=O)cc2)cc(Cl)c1OCc1ccc(C)cc1.Cl. The molecule has 9 heteroatoms. The molecule has 3 aromatic rings. The molecule has 0 aliphatic carbocycles. The molecule has 33 heavy (non-hydrogen) atoms. The zero-order valence-corrected chi connectivity index (χ0v) is 20.9. The van der Waals surface area contributed by atoms with E-state index in [0.717, 1.165) is 23.1 Å². The number of aryl methyl sites for hydroxylation is 1. The number of nitrogens with two attached hydrogens (primary N) is 1. The Labute approximate surface area is 206 Å². The van der Waals surface area contributed by atoms with Crippen molar-refractivity contribution >= 4 is 34.0 Å². The van der Waals surface area contributed by atoms with Crippen LogP contribution >= 0.6 is 24.0 Å². The molecule has 178 valence electrons. The fourth-order valence-corrected chi connectivity index (χ4v) is 3.97. The van der Waals surface area contributed by atoms with Gasteiger partial charge < -0.3 is 14.8 Å². The van der Waals surface area contributed by atoms with Crippen LogP contribution in [0.4, 0.5) is 0 Å². The Morgan fingerprint density at radius 1 is 0.970 bits per heavy atom. The summed E-state index contributed by atoms with van der Waals surface area (Å²) < 4.78 is 34.1. The van der Waals surface area contributed by atoms with Gasteiger partial charge in [-0.25, -0.2) is 13.6 Å². The quantitative estimate of drug-likeness (QED) is 0.387. The van der Waals surface area contributed by atoms with Crippen LogP contribution in [0.15, 0.2) is 65.6 Å². The van der Waals surface area contributed by atoms with Crippen molar-refractivity contribution in [2.24, 2.45) is 5.14 Å². The Bertz CT molecular complexity index is 1150. The molecular weight excluding hydrogens is 483 g/mol. The van der Waals surface area contributed by atoms with Crippen LogP contribution in [0.3, 0.4) is 0 Å². The van der Waals surface area contributed by atoms with Crippen LogP contribution in [0.5, 0.6) is 11.5 Å². The highest BCUT2D eigenvalue weighted by atomic mass is 35.5. The second-order valence-corrected chi connectivity index (χ2v) is 9.47. The number of hydrogen-bond donors (Lipinski definition) is 2. The van der Waals surface area contributed by atoms with Crippen LogP contribution < -0.4 is 19.9 Å². The minimum absolute atomic E-state index is 0. The van der Waals surface area contributed by atoms with E-state index in [1.165, 1.54) is 17.7 Å². The maximum Gasteiger partial charge on any atom is 0.238 e. The Kier molecular flexibility index (Phi) is 10.0. The van der Waals surface area contributed by atoms with Gasteiger partial charge in [0, 0.05) is 6.54 Å². The Balaban J connectivity index is 0.00000385. The van der Waals surface area contributed by atoms with Gasteiger partial charge in [-0.1, -0.05) is 53.6 Å². The van der Waals surface area contributed by atoms with E-state index in [2.05, 4.69) is 5.32 Å². The average Bonchev–Trinajstić information content (AvgIpc) is 2.76. The predicted molar refractivity (Wildman–Crippen MR) is 134 cm³/mol. The molecule has 0 saturated carbocycles. The Morgan fingerprint density at radius 2 is 1.61 bits per heavy atom. The lowest BCUT2D eigenvalue weighted by molar-refractivity contribution is 0.284. The predicted octanol–water partition coefficient (Wildman–Crippen LogP) is 4.64. The molecule has 3 N–H and O–H groups in total. The van der Waals surface area contributed by atoms with E-state index in [1.807, 2.05) is 43.3 Å². The summed E-state index contributed by atoms with van der Waals surface area (Å²) in [7, 11) is -2.08. The number of rotatable bonds is 10. The number of hydrogen-bond acceptors (Lipinski definition) is 5. The van der Waals surface area contributed by atoms with Crippen LogP contribution in [0, 0.1) is 6.92 Å². The second kappa shape index (κ2) is 12.3. The van der Waals surface area contributed by atoms with E-state index in [0.29, 0.717) is 36.2 Å². The van der Waals surface area contributed by atoms with Crippen molar-refractivity contribution in [2.45, 2.75) is 31.4 Å². The van der Waals surface area contributed by atoms with E-state index in [9.17, 15) is 8.42 Å². The molecule has 3 rings (SSSR count). The average molecular weight is 511 g/mol. The lowest BCUT2D eigenvalue weighted by atomic mass is 10.1. The maximum atomic E-state index is 11.3. The van der Waals surface area contributed by atoms with Crippen molar-refractivity contribution < 1.29 is 17.9 Å². The molecule has 0 atom stereocenters. The summed E-state index contributed by atoms with van der Waals surface area (Å²) in [5, 5.41) is 8.97. The summed E-state index contributed by atoms with van der Waals surface area (Å²) in [6, 6.07) is 18.5. The largest absolute Gasteiger partial charge is 0.493 e. The topological polar surface area (TPSA) is 90.6 Å². The third kappa shape index (κ3) is 7.91. The van der Waals surface area contributed by atoms with Crippen LogP contribution in [-0.2, 0) is 29.6 Å². The van der Waals surface area contributed by atoms with E-state index in [-0.39, 0.29) is 17.3 Å². The molecule has 6 nitrogen and oxygen atoms in total. The van der Waals surface area contributed by atoms with Gasteiger partial charge >= 0.3 is 0 Å². The number of primary sulfonamides is 1. The van der Waals surface area contributed by atoms with Gasteiger partial charge in [0.25, 0.3) is 0 Å². The van der Waals surface area contributed by atoms with Gasteiger partial charge in [-0.05, 0) is 60.8 Å². The van der Waals surface area contributed by atoms with Crippen LogP contribution in [0.2, 0.25) is 5.02 Å². The molecular formula is C24H28Cl2N2O4S. The summed E-state index contributed by atoms with van der Waals surface area (Å²) >= 11 is 6.47. The van der Waals surface area contributed by atoms with Gasteiger partial charge in [-0.3, -0.25) is 0 Å². The molecule has 0 bridgehead atoms. The van der Waals surface area contributed by atoms with Gasteiger partial charge in [-0.2, -0.15) is 0 Å². The molecule has 0 aliphatic heterocycles. The number of halogens is 2. The fourth-order valence-electron chi connectivity index (χ4n) is 3.17. The van der Waals surface area contributed by atoms with Crippen LogP contribution in [0.1, 0.15) is 22.3 Å². The molecule has 0 fully saturated rings. The summed E-state index contributed by atoms with van der Waals surface area (Å²) in [6.07, 6.45) is 0.744. The van der Waals surface area contributed by atoms with Gasteiger partial charge in [0.1, 0.15) is 6.61 Å². The van der Waals surface area contributed by atoms with Crippen molar-refractivity contribution in [3.63, 3.8) is 0 Å². The smallest absolute Gasteiger partial charge is 0.238 e. The number of methoxy groups -OCH3 is 1. The first-order valence-corrected chi connectivity index (χ1v) is 12.1. The summed E-state index contributed by atoms with van der Waals surface area (Å²) in [5.74, 6) is 1.11. The van der Waals surface area contributed by atoms with Crippen LogP contribution in [0.25, 0.3) is 0 Å². The monoisotopic (exact) mass is 510 g/mol. The van der Waals surface area contributed by atoms with Gasteiger partial charge in [-0.15, -0.1) is 12.4 Å². The van der Waals surface area contributed by atoms with Gasteiger partial charge in [0.05, 0.1) is 17.0 Å². The zero-order chi connectivity index (χ0) is 23.1. The highest BCUT2D eigenvalue weighted by Gasteiger charge is 2.13. The Morgan fingerprint density at radius 3 is 2.21 bits per heavy atom. The minimum Gasteiger partial charge on any atom is -0.493 e. The van der Waals surface area contributed by atoms with Crippen LogP contribution in [-0.4, -0.2) is 22.1 Å². The first-order valence-electron chi connectivity index (χ1n) is 10.1. The molecule has 0 saturated heterocycles.